The van der Waals surface area contributed by atoms with Crippen LogP contribution in [0.3, 0.4) is 0 Å². The molecule has 0 aliphatic heterocycles. The zero-order valence-electron chi connectivity index (χ0n) is 12.1. The summed E-state index contributed by atoms with van der Waals surface area (Å²) in [6.07, 6.45) is 0.121. The molecule has 1 aromatic carbocycles. The zero-order chi connectivity index (χ0) is 17.1. The molecule has 0 aliphatic rings. The summed E-state index contributed by atoms with van der Waals surface area (Å²) in [7, 11) is 1.45. The molecule has 1 heterocycles. The monoisotopic (exact) mass is 419 g/mol. The van der Waals surface area contributed by atoms with E-state index < -0.39 is 5.97 Å². The van der Waals surface area contributed by atoms with Gasteiger partial charge in [0.15, 0.2) is 15.5 Å². The number of carboxylic acids is 1. The molecular formula is C14H14BrNO5S2. The van der Waals surface area contributed by atoms with Crippen molar-refractivity contribution in [3.8, 4) is 17.4 Å². The number of phenols is 1. The standard InChI is InChI=1S/C14H14BrNO5S2/c1-21-9-6-8(15)4-7(12(9)19)5-10-13(20)16(14(22)23-10)3-2-11(17)18/h4,6,19-20H,2-3,5H2,1H3,(H,17,18). The van der Waals surface area contributed by atoms with Crippen molar-refractivity contribution in [1.82, 2.24) is 4.57 Å². The number of nitrogens with zero attached hydrogens (tertiary/aromatic N) is 1. The van der Waals surface area contributed by atoms with Crippen molar-refractivity contribution >= 4 is 45.5 Å². The molecule has 9 heteroatoms. The Balaban J connectivity index is 2.35. The van der Waals surface area contributed by atoms with Gasteiger partial charge in [0.2, 0.25) is 5.88 Å². The predicted octanol–water partition coefficient (Wildman–Crippen LogP) is 3.53. The summed E-state index contributed by atoms with van der Waals surface area (Å²) in [5.41, 5.74) is 0.563. The van der Waals surface area contributed by atoms with Gasteiger partial charge in [-0.25, -0.2) is 0 Å². The molecule has 2 aromatic rings. The number of hydrogen-bond acceptors (Lipinski definition) is 6. The first-order valence-corrected chi connectivity index (χ1v) is 8.54. The zero-order valence-corrected chi connectivity index (χ0v) is 15.3. The summed E-state index contributed by atoms with van der Waals surface area (Å²) >= 11 is 9.69. The largest absolute Gasteiger partial charge is 0.504 e. The van der Waals surface area contributed by atoms with Crippen molar-refractivity contribution in [2.24, 2.45) is 0 Å². The Kier molecular flexibility index (Phi) is 5.66. The van der Waals surface area contributed by atoms with Gasteiger partial charge in [0, 0.05) is 23.0 Å². The van der Waals surface area contributed by atoms with E-state index in [1.54, 1.807) is 12.1 Å². The first-order valence-electron chi connectivity index (χ1n) is 6.52. The number of methoxy groups -OCH3 is 1. The van der Waals surface area contributed by atoms with Gasteiger partial charge < -0.3 is 20.1 Å². The van der Waals surface area contributed by atoms with E-state index in [1.807, 2.05) is 0 Å². The Bertz CT molecular complexity index is 799. The molecule has 0 spiro atoms. The van der Waals surface area contributed by atoms with Crippen LogP contribution >= 0.6 is 39.5 Å². The van der Waals surface area contributed by atoms with Gasteiger partial charge in [-0.15, -0.1) is 11.3 Å². The minimum absolute atomic E-state index is 0.00787. The molecule has 0 saturated carbocycles. The Morgan fingerprint density at radius 3 is 2.74 bits per heavy atom. The van der Waals surface area contributed by atoms with Gasteiger partial charge in [-0.3, -0.25) is 9.36 Å². The second-order valence-corrected chi connectivity index (χ2v) is 7.35. The van der Waals surface area contributed by atoms with Crippen molar-refractivity contribution in [3.05, 3.63) is 31.0 Å². The van der Waals surface area contributed by atoms with E-state index >= 15 is 0 Å². The van der Waals surface area contributed by atoms with Crippen LogP contribution in [0, 0.1) is 3.95 Å². The lowest BCUT2D eigenvalue weighted by Crippen LogP contribution is -2.04. The summed E-state index contributed by atoms with van der Waals surface area (Å²) in [6, 6.07) is 3.36. The van der Waals surface area contributed by atoms with E-state index in [0.29, 0.717) is 20.1 Å². The average molecular weight is 420 g/mol. The highest BCUT2D eigenvalue weighted by Crippen LogP contribution is 2.37. The molecule has 3 N–H and O–H groups in total. The number of aromatic hydroxyl groups is 2. The highest BCUT2D eigenvalue weighted by atomic mass is 79.9. The molecule has 124 valence electrons. The molecule has 0 radical (unpaired) electrons. The van der Waals surface area contributed by atoms with Crippen LogP contribution in [-0.4, -0.2) is 33.0 Å². The Morgan fingerprint density at radius 1 is 1.43 bits per heavy atom. The second kappa shape index (κ2) is 7.33. The van der Waals surface area contributed by atoms with Crippen molar-refractivity contribution in [1.29, 1.82) is 0 Å². The van der Waals surface area contributed by atoms with Crippen LogP contribution in [0.2, 0.25) is 0 Å². The van der Waals surface area contributed by atoms with Crippen LogP contribution in [0.5, 0.6) is 17.4 Å². The molecule has 0 amide bonds. The van der Waals surface area contributed by atoms with Crippen LogP contribution in [0.4, 0.5) is 0 Å². The maximum Gasteiger partial charge on any atom is 0.305 e. The summed E-state index contributed by atoms with van der Waals surface area (Å²) in [4.78, 5) is 11.2. The molecule has 23 heavy (non-hydrogen) atoms. The summed E-state index contributed by atoms with van der Waals surface area (Å²) in [5.74, 6) is -0.720. The Hall–Kier alpha value is -1.58. The molecule has 0 saturated heterocycles. The van der Waals surface area contributed by atoms with Gasteiger partial charge in [0.05, 0.1) is 18.4 Å². The number of aromatic nitrogens is 1. The first kappa shape index (κ1) is 17.8. The summed E-state index contributed by atoms with van der Waals surface area (Å²) < 4.78 is 7.60. The topological polar surface area (TPSA) is 91.9 Å². The van der Waals surface area contributed by atoms with E-state index in [0.717, 1.165) is 4.47 Å². The number of carboxylic acid groups (broad SMARTS) is 1. The smallest absolute Gasteiger partial charge is 0.305 e. The van der Waals surface area contributed by atoms with Crippen LogP contribution in [-0.2, 0) is 17.8 Å². The minimum Gasteiger partial charge on any atom is -0.504 e. The number of benzene rings is 1. The van der Waals surface area contributed by atoms with Gasteiger partial charge >= 0.3 is 5.97 Å². The van der Waals surface area contributed by atoms with Crippen molar-refractivity contribution in [2.75, 3.05) is 7.11 Å². The fourth-order valence-electron chi connectivity index (χ4n) is 2.05. The fourth-order valence-corrected chi connectivity index (χ4v) is 3.95. The molecular weight excluding hydrogens is 406 g/mol. The molecule has 2 rings (SSSR count). The number of phenolic OH excluding ortho intramolecular Hbond substituents is 1. The lowest BCUT2D eigenvalue weighted by atomic mass is 10.1. The number of halogens is 1. The van der Waals surface area contributed by atoms with Crippen molar-refractivity contribution in [2.45, 2.75) is 19.4 Å². The molecule has 1 aromatic heterocycles. The molecule has 0 bridgehead atoms. The number of ether oxygens (including phenoxy) is 1. The van der Waals surface area contributed by atoms with Gasteiger partial charge in [-0.05, 0) is 24.4 Å². The van der Waals surface area contributed by atoms with Crippen molar-refractivity contribution in [3.63, 3.8) is 0 Å². The Labute approximate surface area is 149 Å². The van der Waals surface area contributed by atoms with E-state index in [4.69, 9.17) is 22.1 Å². The Morgan fingerprint density at radius 2 is 2.13 bits per heavy atom. The third kappa shape index (κ3) is 4.04. The van der Waals surface area contributed by atoms with Gasteiger partial charge in [0.1, 0.15) is 0 Å². The van der Waals surface area contributed by atoms with Gasteiger partial charge in [-0.2, -0.15) is 0 Å². The molecule has 0 aliphatic carbocycles. The second-order valence-electron chi connectivity index (χ2n) is 4.70. The van der Waals surface area contributed by atoms with E-state index in [2.05, 4.69) is 15.9 Å². The first-order chi connectivity index (χ1) is 10.8. The SMILES string of the molecule is COc1cc(Br)cc(Cc2sc(=S)n(CCC(=O)O)c2O)c1O. The molecule has 0 fully saturated rings. The van der Waals surface area contributed by atoms with E-state index in [1.165, 1.54) is 23.0 Å². The molecule has 0 atom stereocenters. The van der Waals surface area contributed by atoms with Crippen LogP contribution < -0.4 is 4.74 Å². The quantitative estimate of drug-likeness (QED) is 0.620. The number of rotatable bonds is 6. The van der Waals surface area contributed by atoms with Crippen LogP contribution in [0.15, 0.2) is 16.6 Å². The predicted molar refractivity (Wildman–Crippen MR) is 92.2 cm³/mol. The summed E-state index contributed by atoms with van der Waals surface area (Å²) in [6.45, 7) is 0.101. The highest BCUT2D eigenvalue weighted by molar-refractivity contribution is 9.10. The average Bonchev–Trinajstić information content (AvgIpc) is 2.74. The maximum absolute atomic E-state index is 10.7. The maximum atomic E-state index is 10.7. The van der Waals surface area contributed by atoms with Crippen molar-refractivity contribution < 1.29 is 24.9 Å². The number of carbonyl (C=O) groups is 1. The summed E-state index contributed by atoms with van der Waals surface area (Å²) in [5, 5.41) is 29.2. The normalized spacial score (nSPS) is 10.7. The fraction of sp³-hybridized carbons (Fsp3) is 0.286. The van der Waals surface area contributed by atoms with Gasteiger partial charge in [0.25, 0.3) is 0 Å². The number of thiazole rings is 1. The lowest BCUT2D eigenvalue weighted by Gasteiger charge is -2.09. The highest BCUT2D eigenvalue weighted by Gasteiger charge is 2.17. The lowest BCUT2D eigenvalue weighted by molar-refractivity contribution is -0.137. The van der Waals surface area contributed by atoms with E-state index in [9.17, 15) is 15.0 Å². The molecule has 0 unspecified atom stereocenters. The minimum atomic E-state index is -0.964. The third-order valence-electron chi connectivity index (χ3n) is 3.17. The van der Waals surface area contributed by atoms with E-state index in [-0.39, 0.29) is 31.0 Å². The van der Waals surface area contributed by atoms with Crippen LogP contribution in [0.1, 0.15) is 16.9 Å². The number of aliphatic carboxylic acids is 1. The van der Waals surface area contributed by atoms with Gasteiger partial charge in [-0.1, -0.05) is 15.9 Å². The number of hydrogen-bond donors (Lipinski definition) is 3. The third-order valence-corrected chi connectivity index (χ3v) is 5.07. The van der Waals surface area contributed by atoms with Crippen LogP contribution in [0.25, 0.3) is 0 Å². The molecule has 6 nitrogen and oxygen atoms in total.